The first-order valence-electron chi connectivity index (χ1n) is 7.93. The van der Waals surface area contributed by atoms with E-state index in [9.17, 15) is 14.4 Å². The van der Waals surface area contributed by atoms with E-state index in [0.29, 0.717) is 0 Å². The molecule has 2 amide bonds. The molecule has 7 heteroatoms. The molecule has 0 aromatic heterocycles. The molecule has 0 atom stereocenters. The zero-order chi connectivity index (χ0) is 17.5. The second-order valence-corrected chi connectivity index (χ2v) is 5.68. The number of anilines is 1. The van der Waals surface area contributed by atoms with Crippen LogP contribution in [0.15, 0.2) is 18.2 Å². The largest absolute Gasteiger partial charge is 0.465 e. The average Bonchev–Trinajstić information content (AvgIpc) is 2.61. The van der Waals surface area contributed by atoms with Crippen molar-refractivity contribution in [3.8, 4) is 0 Å². The lowest BCUT2D eigenvalue weighted by atomic mass is 9.96. The van der Waals surface area contributed by atoms with E-state index in [-0.39, 0.29) is 22.9 Å². The van der Waals surface area contributed by atoms with Crippen molar-refractivity contribution in [1.82, 2.24) is 5.32 Å². The third-order valence-corrected chi connectivity index (χ3v) is 4.03. The Hall–Kier alpha value is -2.57. The van der Waals surface area contributed by atoms with Crippen molar-refractivity contribution in [3.05, 3.63) is 29.3 Å². The second-order valence-electron chi connectivity index (χ2n) is 5.68. The van der Waals surface area contributed by atoms with Gasteiger partial charge in [-0.1, -0.05) is 19.3 Å². The Balaban J connectivity index is 2.16. The normalized spacial score (nSPS) is 14.6. The van der Waals surface area contributed by atoms with Gasteiger partial charge in [0.05, 0.1) is 31.0 Å². The van der Waals surface area contributed by atoms with E-state index in [1.54, 1.807) is 0 Å². The Labute approximate surface area is 140 Å². The quantitative estimate of drug-likeness (QED) is 0.826. The van der Waals surface area contributed by atoms with E-state index in [4.69, 9.17) is 4.74 Å². The summed E-state index contributed by atoms with van der Waals surface area (Å²) in [5.41, 5.74) is 0.611. The van der Waals surface area contributed by atoms with Crippen LogP contribution < -0.4 is 10.6 Å². The molecule has 1 aromatic carbocycles. The smallest absolute Gasteiger partial charge is 0.339 e. The molecule has 2 N–H and O–H groups in total. The molecule has 0 saturated heterocycles. The minimum atomic E-state index is -0.598. The van der Waals surface area contributed by atoms with Crippen molar-refractivity contribution < 1.29 is 23.9 Å². The molecule has 2 rings (SSSR count). The molecule has 1 aliphatic rings. The molecule has 0 spiro atoms. The molecule has 1 aromatic rings. The Kier molecular flexibility index (Phi) is 6.17. The number of carbonyl (C=O) groups excluding carboxylic acids is 3. The molecule has 24 heavy (non-hydrogen) atoms. The zero-order valence-electron chi connectivity index (χ0n) is 13.9. The molecule has 0 aliphatic heterocycles. The molecule has 0 radical (unpaired) electrons. The van der Waals surface area contributed by atoms with Gasteiger partial charge in [0.15, 0.2) is 0 Å². The maximum absolute atomic E-state index is 12.2. The summed E-state index contributed by atoms with van der Waals surface area (Å²) in [5, 5.41) is 5.53. The summed E-state index contributed by atoms with van der Waals surface area (Å²) >= 11 is 0. The Morgan fingerprint density at radius 3 is 2.29 bits per heavy atom. The van der Waals surface area contributed by atoms with Gasteiger partial charge in [0.1, 0.15) is 0 Å². The number of rotatable bonds is 4. The maximum Gasteiger partial charge on any atom is 0.339 e. The van der Waals surface area contributed by atoms with Crippen LogP contribution in [0.3, 0.4) is 0 Å². The third kappa shape index (κ3) is 4.47. The van der Waals surface area contributed by atoms with Crippen molar-refractivity contribution >= 4 is 23.7 Å². The van der Waals surface area contributed by atoms with E-state index < -0.39 is 18.0 Å². The monoisotopic (exact) mass is 334 g/mol. The Morgan fingerprint density at radius 2 is 1.67 bits per heavy atom. The highest BCUT2D eigenvalue weighted by Crippen LogP contribution is 2.21. The molecule has 1 fully saturated rings. The summed E-state index contributed by atoms with van der Waals surface area (Å²) in [4.78, 5) is 35.7. The highest BCUT2D eigenvalue weighted by molar-refractivity contribution is 6.03. The topological polar surface area (TPSA) is 93.7 Å². The first-order chi connectivity index (χ1) is 11.5. The molecule has 0 unspecified atom stereocenters. The van der Waals surface area contributed by atoms with Crippen LogP contribution in [-0.4, -0.2) is 38.2 Å². The Morgan fingerprint density at radius 1 is 1.00 bits per heavy atom. The van der Waals surface area contributed by atoms with Crippen LogP contribution in [0.4, 0.5) is 10.5 Å². The minimum absolute atomic E-state index is 0.129. The lowest BCUT2D eigenvalue weighted by Gasteiger charge is -2.23. The van der Waals surface area contributed by atoms with Crippen LogP contribution in [0.2, 0.25) is 0 Å². The predicted octanol–water partition coefficient (Wildman–Crippen LogP) is 2.71. The molecule has 0 heterocycles. The lowest BCUT2D eigenvalue weighted by molar-refractivity contribution is 0.0587. The van der Waals surface area contributed by atoms with E-state index in [1.165, 1.54) is 38.8 Å². The molecule has 1 aliphatic carbocycles. The highest BCUT2D eigenvalue weighted by atomic mass is 16.5. The predicted molar refractivity (Wildman–Crippen MR) is 88.1 cm³/mol. The van der Waals surface area contributed by atoms with Crippen LogP contribution in [0.5, 0.6) is 0 Å². The van der Waals surface area contributed by atoms with Gasteiger partial charge in [-0.3, -0.25) is 0 Å². The fraction of sp³-hybridized carbons (Fsp3) is 0.471. The number of amides is 2. The van der Waals surface area contributed by atoms with E-state index >= 15 is 0 Å². The second kappa shape index (κ2) is 8.33. The van der Waals surface area contributed by atoms with Gasteiger partial charge in [0.2, 0.25) is 0 Å². The van der Waals surface area contributed by atoms with Crippen molar-refractivity contribution in [1.29, 1.82) is 0 Å². The van der Waals surface area contributed by atoms with Crippen molar-refractivity contribution in [2.45, 2.75) is 38.1 Å². The summed E-state index contributed by atoms with van der Waals surface area (Å²) in [6.07, 6.45) is 5.26. The number of carbonyl (C=O) groups is 3. The first-order valence-corrected chi connectivity index (χ1v) is 7.93. The fourth-order valence-corrected chi connectivity index (χ4v) is 2.77. The van der Waals surface area contributed by atoms with Crippen LogP contribution in [0, 0.1) is 0 Å². The highest BCUT2D eigenvalue weighted by Gasteiger charge is 2.19. The molecule has 7 nitrogen and oxygen atoms in total. The molecule has 1 saturated carbocycles. The lowest BCUT2D eigenvalue weighted by Crippen LogP contribution is -2.39. The van der Waals surface area contributed by atoms with Gasteiger partial charge < -0.3 is 20.1 Å². The summed E-state index contributed by atoms with van der Waals surface area (Å²) in [6, 6.07) is 3.99. The molecule has 0 bridgehead atoms. The van der Waals surface area contributed by atoms with Gasteiger partial charge >= 0.3 is 18.0 Å². The molecule has 130 valence electrons. The van der Waals surface area contributed by atoms with Gasteiger partial charge in [0, 0.05) is 6.04 Å². The van der Waals surface area contributed by atoms with Gasteiger partial charge in [-0.15, -0.1) is 0 Å². The first kappa shape index (κ1) is 17.8. The van der Waals surface area contributed by atoms with Crippen molar-refractivity contribution in [2.75, 3.05) is 19.5 Å². The number of esters is 2. The van der Waals surface area contributed by atoms with E-state index in [1.807, 2.05) is 0 Å². The van der Waals surface area contributed by atoms with E-state index in [0.717, 1.165) is 25.7 Å². The van der Waals surface area contributed by atoms with E-state index in [2.05, 4.69) is 15.4 Å². The summed E-state index contributed by atoms with van der Waals surface area (Å²) in [7, 11) is 2.52. The molecular formula is C17H22N2O5. The number of hydrogen-bond donors (Lipinski definition) is 2. The number of urea groups is 1. The van der Waals surface area contributed by atoms with Crippen molar-refractivity contribution in [3.63, 3.8) is 0 Å². The van der Waals surface area contributed by atoms with Gasteiger partial charge in [0.25, 0.3) is 0 Å². The number of hydrogen-bond acceptors (Lipinski definition) is 5. The van der Waals surface area contributed by atoms with Gasteiger partial charge in [-0.2, -0.15) is 0 Å². The summed E-state index contributed by atoms with van der Waals surface area (Å²) < 4.78 is 9.37. The van der Waals surface area contributed by atoms with Crippen molar-refractivity contribution in [2.24, 2.45) is 0 Å². The minimum Gasteiger partial charge on any atom is -0.465 e. The number of benzene rings is 1. The van der Waals surface area contributed by atoms with Crippen LogP contribution in [-0.2, 0) is 9.47 Å². The van der Waals surface area contributed by atoms with Crippen LogP contribution in [0.25, 0.3) is 0 Å². The van der Waals surface area contributed by atoms with Crippen LogP contribution >= 0.6 is 0 Å². The SMILES string of the molecule is COC(=O)c1ccc(C(=O)OC)c(NC(=O)NC2CCCCC2)c1. The third-order valence-electron chi connectivity index (χ3n) is 4.03. The standard InChI is InChI=1S/C17H22N2O5/c1-23-15(20)11-8-9-13(16(21)24-2)14(10-11)19-17(22)18-12-6-4-3-5-7-12/h8-10,12H,3-7H2,1-2H3,(H2,18,19,22). The summed E-state index contributed by atoms with van der Waals surface area (Å²) in [5.74, 6) is -1.15. The van der Waals surface area contributed by atoms with Gasteiger partial charge in [-0.05, 0) is 31.0 Å². The summed E-state index contributed by atoms with van der Waals surface area (Å²) in [6.45, 7) is 0. The number of ether oxygens (including phenoxy) is 2. The fourth-order valence-electron chi connectivity index (χ4n) is 2.77. The average molecular weight is 334 g/mol. The number of nitrogens with one attached hydrogen (secondary N) is 2. The van der Waals surface area contributed by atoms with Gasteiger partial charge in [-0.25, -0.2) is 14.4 Å². The maximum atomic E-state index is 12.2. The zero-order valence-corrected chi connectivity index (χ0v) is 13.9. The molecular weight excluding hydrogens is 312 g/mol. The number of methoxy groups -OCH3 is 2. The van der Waals surface area contributed by atoms with Crippen LogP contribution in [0.1, 0.15) is 52.8 Å². The Bertz CT molecular complexity index is 623.